The largest absolute Gasteiger partial charge is 0.493 e. The molecular formula is C15H24ClN3O4. The number of ether oxygens (including phenoxy) is 2. The second kappa shape index (κ2) is 10.7. The van der Waals surface area contributed by atoms with Crippen molar-refractivity contribution >= 4 is 24.2 Å². The summed E-state index contributed by atoms with van der Waals surface area (Å²) in [6, 6.07) is 4.66. The molecule has 130 valence electrons. The topological polar surface area (TPSA) is 117 Å². The molecule has 5 N–H and O–H groups in total. The van der Waals surface area contributed by atoms with Gasteiger partial charge in [0.2, 0.25) is 5.91 Å². The highest BCUT2D eigenvalue weighted by Gasteiger charge is 2.12. The third-order valence-corrected chi connectivity index (χ3v) is 3.00. The minimum atomic E-state index is -0.566. The van der Waals surface area contributed by atoms with Crippen LogP contribution in [0.2, 0.25) is 0 Å². The van der Waals surface area contributed by atoms with Gasteiger partial charge in [-0.2, -0.15) is 0 Å². The first-order valence-electron chi connectivity index (χ1n) is 7.09. The van der Waals surface area contributed by atoms with Crippen LogP contribution in [-0.4, -0.2) is 31.6 Å². The van der Waals surface area contributed by atoms with Gasteiger partial charge in [0.1, 0.15) is 0 Å². The van der Waals surface area contributed by atoms with Gasteiger partial charge in [-0.05, 0) is 24.1 Å². The van der Waals surface area contributed by atoms with Gasteiger partial charge >= 0.3 is 0 Å². The summed E-state index contributed by atoms with van der Waals surface area (Å²) in [6.07, 6.45) is 1.50. The van der Waals surface area contributed by atoms with E-state index in [0.29, 0.717) is 24.5 Å². The van der Waals surface area contributed by atoms with Gasteiger partial charge in [-0.15, -0.1) is 12.4 Å². The monoisotopic (exact) mass is 345 g/mol. The summed E-state index contributed by atoms with van der Waals surface area (Å²) in [5.74, 6) is 0.128. The van der Waals surface area contributed by atoms with Gasteiger partial charge in [0.15, 0.2) is 18.1 Å². The number of carbonyl (C=O) groups is 2. The number of amides is 2. The van der Waals surface area contributed by atoms with E-state index in [2.05, 4.69) is 5.32 Å². The van der Waals surface area contributed by atoms with Crippen LogP contribution in [0, 0.1) is 0 Å². The molecule has 0 radical (unpaired) electrons. The highest BCUT2D eigenvalue weighted by Crippen LogP contribution is 2.27. The minimum absolute atomic E-state index is 0. The van der Waals surface area contributed by atoms with E-state index in [1.54, 1.807) is 18.2 Å². The van der Waals surface area contributed by atoms with Crippen LogP contribution in [-0.2, 0) is 16.1 Å². The van der Waals surface area contributed by atoms with Crippen LogP contribution < -0.4 is 26.3 Å². The Labute approximate surface area is 142 Å². The zero-order chi connectivity index (χ0) is 16.5. The van der Waals surface area contributed by atoms with Crippen molar-refractivity contribution in [3.8, 4) is 11.5 Å². The van der Waals surface area contributed by atoms with Crippen molar-refractivity contribution in [2.24, 2.45) is 11.5 Å². The van der Waals surface area contributed by atoms with Gasteiger partial charge in [0, 0.05) is 6.54 Å². The number of benzene rings is 1. The summed E-state index contributed by atoms with van der Waals surface area (Å²) in [5.41, 5.74) is 11.6. The molecular weight excluding hydrogens is 322 g/mol. The first kappa shape index (κ1) is 21.0. The molecule has 0 saturated carbocycles. The molecule has 0 fully saturated rings. The van der Waals surface area contributed by atoms with E-state index in [4.69, 9.17) is 20.9 Å². The van der Waals surface area contributed by atoms with Crippen LogP contribution >= 0.6 is 12.4 Å². The smallest absolute Gasteiger partial charge is 0.255 e. The maximum atomic E-state index is 11.8. The van der Waals surface area contributed by atoms with Crippen molar-refractivity contribution in [2.75, 3.05) is 13.7 Å². The maximum absolute atomic E-state index is 11.8. The molecule has 1 aromatic rings. The lowest BCUT2D eigenvalue weighted by molar-refractivity contribution is -0.122. The number of rotatable bonds is 9. The molecule has 23 heavy (non-hydrogen) atoms. The lowest BCUT2D eigenvalue weighted by Crippen LogP contribution is -2.40. The van der Waals surface area contributed by atoms with Gasteiger partial charge in [-0.1, -0.05) is 19.4 Å². The minimum Gasteiger partial charge on any atom is -0.493 e. The fourth-order valence-electron chi connectivity index (χ4n) is 1.85. The normalized spacial score (nSPS) is 11.1. The number of methoxy groups -OCH3 is 1. The second-order valence-corrected chi connectivity index (χ2v) is 4.85. The van der Waals surface area contributed by atoms with Crippen LogP contribution in [0.15, 0.2) is 18.2 Å². The zero-order valence-corrected chi connectivity index (χ0v) is 14.2. The molecule has 0 saturated heterocycles. The first-order valence-corrected chi connectivity index (χ1v) is 7.09. The van der Waals surface area contributed by atoms with Crippen molar-refractivity contribution in [1.82, 2.24) is 5.32 Å². The average molecular weight is 346 g/mol. The lowest BCUT2D eigenvalue weighted by Gasteiger charge is -2.13. The SMILES string of the molecule is CCCC(N)C(=O)NCc1ccc(OCC(N)=O)c(OC)c1.Cl. The van der Waals surface area contributed by atoms with E-state index in [0.717, 1.165) is 12.0 Å². The van der Waals surface area contributed by atoms with E-state index in [1.807, 2.05) is 6.92 Å². The summed E-state index contributed by atoms with van der Waals surface area (Å²) in [7, 11) is 1.49. The van der Waals surface area contributed by atoms with E-state index >= 15 is 0 Å². The van der Waals surface area contributed by atoms with Crippen molar-refractivity contribution in [2.45, 2.75) is 32.4 Å². The van der Waals surface area contributed by atoms with Crippen LogP contribution in [0.4, 0.5) is 0 Å². The van der Waals surface area contributed by atoms with E-state index < -0.39 is 11.9 Å². The Morgan fingerprint density at radius 2 is 2.00 bits per heavy atom. The quantitative estimate of drug-likeness (QED) is 0.610. The van der Waals surface area contributed by atoms with Crippen LogP contribution in [0.3, 0.4) is 0 Å². The highest BCUT2D eigenvalue weighted by molar-refractivity contribution is 5.85. The standard InChI is InChI=1S/C15H23N3O4.ClH/c1-3-4-11(16)15(20)18-8-10-5-6-12(13(7-10)21-2)22-9-14(17)19;/h5-7,11H,3-4,8-9,16H2,1-2H3,(H2,17,19)(H,18,20);1H. The third-order valence-electron chi connectivity index (χ3n) is 3.00. The van der Waals surface area contributed by atoms with Crippen molar-refractivity contribution in [3.63, 3.8) is 0 Å². The number of hydrogen-bond donors (Lipinski definition) is 3. The molecule has 1 atom stereocenters. The Morgan fingerprint density at radius 1 is 1.30 bits per heavy atom. The van der Waals surface area contributed by atoms with Gasteiger partial charge in [0.05, 0.1) is 13.2 Å². The highest BCUT2D eigenvalue weighted by atomic mass is 35.5. The Morgan fingerprint density at radius 3 is 2.57 bits per heavy atom. The number of carbonyl (C=O) groups excluding carboxylic acids is 2. The second-order valence-electron chi connectivity index (χ2n) is 4.85. The molecule has 0 aliphatic rings. The van der Waals surface area contributed by atoms with Crippen molar-refractivity contribution < 1.29 is 19.1 Å². The first-order chi connectivity index (χ1) is 10.5. The summed E-state index contributed by atoms with van der Waals surface area (Å²) < 4.78 is 10.4. The van der Waals surface area contributed by atoms with Crippen LogP contribution in [0.25, 0.3) is 0 Å². The number of halogens is 1. The molecule has 8 heteroatoms. The van der Waals surface area contributed by atoms with Gasteiger partial charge in [-0.3, -0.25) is 9.59 Å². The number of hydrogen-bond acceptors (Lipinski definition) is 5. The molecule has 0 spiro atoms. The molecule has 1 aromatic carbocycles. The fourth-order valence-corrected chi connectivity index (χ4v) is 1.85. The van der Waals surface area contributed by atoms with E-state index in [1.165, 1.54) is 7.11 Å². The van der Waals surface area contributed by atoms with E-state index in [-0.39, 0.29) is 24.9 Å². The maximum Gasteiger partial charge on any atom is 0.255 e. The molecule has 2 amide bonds. The van der Waals surface area contributed by atoms with Crippen molar-refractivity contribution in [1.29, 1.82) is 0 Å². The Bertz CT molecular complexity index is 525. The molecule has 1 rings (SSSR count). The summed E-state index contributed by atoms with van der Waals surface area (Å²) in [5, 5.41) is 2.77. The van der Waals surface area contributed by atoms with Crippen LogP contribution in [0.1, 0.15) is 25.3 Å². The summed E-state index contributed by atoms with van der Waals surface area (Å²) >= 11 is 0. The summed E-state index contributed by atoms with van der Waals surface area (Å²) in [4.78, 5) is 22.5. The van der Waals surface area contributed by atoms with Gasteiger partial charge < -0.3 is 26.3 Å². The van der Waals surface area contributed by atoms with E-state index in [9.17, 15) is 9.59 Å². The predicted octanol–water partition coefficient (Wildman–Crippen LogP) is 0.725. The summed E-state index contributed by atoms with van der Waals surface area (Å²) in [6.45, 7) is 2.09. The Balaban J connectivity index is 0.00000484. The van der Waals surface area contributed by atoms with Crippen molar-refractivity contribution in [3.05, 3.63) is 23.8 Å². The Kier molecular flexibility index (Phi) is 9.76. The molecule has 1 unspecified atom stereocenters. The molecule has 0 bridgehead atoms. The van der Waals surface area contributed by atoms with Gasteiger partial charge in [0.25, 0.3) is 5.91 Å². The van der Waals surface area contributed by atoms with Crippen LogP contribution in [0.5, 0.6) is 11.5 Å². The van der Waals surface area contributed by atoms with Gasteiger partial charge in [-0.25, -0.2) is 0 Å². The molecule has 7 nitrogen and oxygen atoms in total. The lowest BCUT2D eigenvalue weighted by atomic mass is 10.1. The number of nitrogens with one attached hydrogen (secondary N) is 1. The number of primary amides is 1. The number of nitrogens with two attached hydrogens (primary N) is 2. The third kappa shape index (κ3) is 7.21. The molecule has 0 aromatic heterocycles. The average Bonchev–Trinajstić information content (AvgIpc) is 2.50. The zero-order valence-electron chi connectivity index (χ0n) is 13.3. The molecule has 0 aliphatic carbocycles. The fraction of sp³-hybridized carbons (Fsp3) is 0.467. The predicted molar refractivity (Wildman–Crippen MR) is 89.7 cm³/mol. The molecule has 0 aliphatic heterocycles. The Hall–Kier alpha value is -1.99. The molecule has 0 heterocycles.